The summed E-state index contributed by atoms with van der Waals surface area (Å²) < 4.78 is 5.32. The molecule has 0 bridgehead atoms. The number of hydrogen-bond acceptors (Lipinski definition) is 4. The lowest BCUT2D eigenvalue weighted by Gasteiger charge is -2.31. The lowest BCUT2D eigenvalue weighted by molar-refractivity contribution is -0.150. The Hall–Kier alpha value is -1.55. The number of aromatic hydroxyl groups is 1. The monoisotopic (exact) mass is 277 g/mol. The lowest BCUT2D eigenvalue weighted by Crippen LogP contribution is -2.38. The van der Waals surface area contributed by atoms with E-state index in [2.05, 4.69) is 11.9 Å². The van der Waals surface area contributed by atoms with Crippen LogP contribution < -0.4 is 0 Å². The van der Waals surface area contributed by atoms with Gasteiger partial charge in [0.25, 0.3) is 0 Å². The molecule has 1 aromatic rings. The van der Waals surface area contributed by atoms with E-state index >= 15 is 0 Å². The molecule has 0 radical (unpaired) electrons. The van der Waals surface area contributed by atoms with Gasteiger partial charge >= 0.3 is 5.97 Å². The summed E-state index contributed by atoms with van der Waals surface area (Å²) in [6.45, 7) is 3.98. The fraction of sp³-hybridized carbons (Fsp3) is 0.562. The maximum absolute atomic E-state index is 12.6. The number of para-hydroxylation sites is 1. The van der Waals surface area contributed by atoms with Crippen LogP contribution in [0.25, 0.3) is 0 Å². The van der Waals surface area contributed by atoms with Gasteiger partial charge in [-0.05, 0) is 52.4 Å². The minimum absolute atomic E-state index is 0.185. The fourth-order valence-corrected chi connectivity index (χ4v) is 3.00. The minimum Gasteiger partial charge on any atom is -0.508 e. The van der Waals surface area contributed by atoms with Crippen molar-refractivity contribution in [2.24, 2.45) is 0 Å². The summed E-state index contributed by atoms with van der Waals surface area (Å²) in [6, 6.07) is 7.13. The number of nitrogens with zero attached hydrogens (tertiary/aromatic N) is 1. The smallest absolute Gasteiger partial charge is 0.316 e. The molecule has 1 aliphatic rings. The third-order valence-corrected chi connectivity index (χ3v) is 4.15. The number of likely N-dealkylation sites (tertiary alicyclic amines) is 1. The molecule has 1 unspecified atom stereocenters. The molecule has 4 nitrogen and oxygen atoms in total. The predicted molar refractivity (Wildman–Crippen MR) is 77.8 cm³/mol. The topological polar surface area (TPSA) is 49.8 Å². The van der Waals surface area contributed by atoms with E-state index < -0.39 is 5.41 Å². The predicted octanol–water partition coefficient (Wildman–Crippen LogP) is 2.31. The van der Waals surface area contributed by atoms with Gasteiger partial charge in [0, 0.05) is 5.56 Å². The number of hydrogen-bond donors (Lipinski definition) is 1. The molecular formula is C16H23NO3. The summed E-state index contributed by atoms with van der Waals surface area (Å²) in [5.74, 6) is -0.0260. The van der Waals surface area contributed by atoms with Crippen LogP contribution in [0, 0.1) is 0 Å². The average Bonchev–Trinajstić information content (AvgIpc) is 2.63. The number of benzene rings is 1. The first kappa shape index (κ1) is 14.9. The number of phenols is 1. The van der Waals surface area contributed by atoms with Crippen molar-refractivity contribution in [3.05, 3.63) is 29.8 Å². The van der Waals surface area contributed by atoms with Gasteiger partial charge < -0.3 is 14.7 Å². The molecule has 1 heterocycles. The summed E-state index contributed by atoms with van der Waals surface area (Å²) in [7, 11) is 2.06. The van der Waals surface area contributed by atoms with Crippen LogP contribution in [0.3, 0.4) is 0 Å². The largest absolute Gasteiger partial charge is 0.508 e. The lowest BCUT2D eigenvalue weighted by atomic mass is 9.74. The van der Waals surface area contributed by atoms with Crippen LogP contribution in [0.4, 0.5) is 0 Å². The molecular weight excluding hydrogens is 254 g/mol. The van der Waals surface area contributed by atoms with E-state index in [9.17, 15) is 9.90 Å². The van der Waals surface area contributed by atoms with E-state index in [1.807, 2.05) is 19.1 Å². The highest BCUT2D eigenvalue weighted by atomic mass is 16.5. The number of ether oxygens (including phenoxy) is 1. The molecule has 0 spiro atoms. The quantitative estimate of drug-likeness (QED) is 0.861. The van der Waals surface area contributed by atoms with Gasteiger partial charge in [-0.3, -0.25) is 4.79 Å². The Labute approximate surface area is 120 Å². The summed E-state index contributed by atoms with van der Waals surface area (Å²) >= 11 is 0. The van der Waals surface area contributed by atoms with E-state index in [0.29, 0.717) is 25.0 Å². The molecule has 1 N–H and O–H groups in total. The zero-order valence-electron chi connectivity index (χ0n) is 12.3. The van der Waals surface area contributed by atoms with E-state index in [1.54, 1.807) is 12.1 Å². The molecule has 1 aromatic carbocycles. The summed E-state index contributed by atoms with van der Waals surface area (Å²) in [6.07, 6.45) is 2.32. The Kier molecular flexibility index (Phi) is 4.65. The van der Waals surface area contributed by atoms with Crippen LogP contribution in [0.15, 0.2) is 24.3 Å². The van der Waals surface area contributed by atoms with Crippen molar-refractivity contribution in [1.29, 1.82) is 0 Å². The Bertz CT molecular complexity index is 475. The standard InChI is InChI=1S/C16H23NO3/c1-3-20-15(19)16(9-6-11-17(2)12-10-16)13-7-4-5-8-14(13)18/h4-5,7-8,18H,3,6,9-12H2,1-2H3. The maximum atomic E-state index is 12.6. The Morgan fingerprint density at radius 2 is 2.10 bits per heavy atom. The van der Waals surface area contributed by atoms with Crippen LogP contribution >= 0.6 is 0 Å². The van der Waals surface area contributed by atoms with Crippen molar-refractivity contribution < 1.29 is 14.6 Å². The molecule has 1 fully saturated rings. The first-order valence-corrected chi connectivity index (χ1v) is 7.24. The molecule has 1 aliphatic heterocycles. The fourth-order valence-electron chi connectivity index (χ4n) is 3.00. The summed E-state index contributed by atoms with van der Waals surface area (Å²) in [5, 5.41) is 10.2. The Morgan fingerprint density at radius 1 is 1.35 bits per heavy atom. The molecule has 1 saturated heterocycles. The van der Waals surface area contributed by atoms with Crippen LogP contribution in [-0.2, 0) is 14.9 Å². The van der Waals surface area contributed by atoms with Gasteiger partial charge in [-0.1, -0.05) is 18.2 Å². The number of carbonyl (C=O) groups is 1. The highest BCUT2D eigenvalue weighted by Crippen LogP contribution is 2.40. The molecule has 0 aromatic heterocycles. The van der Waals surface area contributed by atoms with Crippen LogP contribution in [0.5, 0.6) is 5.75 Å². The van der Waals surface area contributed by atoms with E-state index in [-0.39, 0.29) is 11.7 Å². The van der Waals surface area contributed by atoms with Crippen molar-refractivity contribution >= 4 is 5.97 Å². The van der Waals surface area contributed by atoms with Gasteiger partial charge in [-0.2, -0.15) is 0 Å². The van der Waals surface area contributed by atoms with E-state index in [4.69, 9.17) is 4.74 Å². The molecule has 110 valence electrons. The first-order chi connectivity index (χ1) is 9.60. The third-order valence-electron chi connectivity index (χ3n) is 4.15. The average molecular weight is 277 g/mol. The third kappa shape index (κ3) is 2.80. The van der Waals surface area contributed by atoms with Gasteiger partial charge in [-0.25, -0.2) is 0 Å². The van der Waals surface area contributed by atoms with E-state index in [1.165, 1.54) is 0 Å². The van der Waals surface area contributed by atoms with Crippen LogP contribution in [-0.4, -0.2) is 42.7 Å². The molecule has 4 heteroatoms. The molecule has 1 atom stereocenters. The normalized spacial score (nSPS) is 24.1. The molecule has 20 heavy (non-hydrogen) atoms. The van der Waals surface area contributed by atoms with Gasteiger partial charge in [0.1, 0.15) is 5.75 Å². The number of esters is 1. The first-order valence-electron chi connectivity index (χ1n) is 7.24. The van der Waals surface area contributed by atoms with Gasteiger partial charge in [0.05, 0.1) is 12.0 Å². The highest BCUT2D eigenvalue weighted by molar-refractivity contribution is 5.84. The van der Waals surface area contributed by atoms with Crippen molar-refractivity contribution in [2.75, 3.05) is 26.7 Å². The van der Waals surface area contributed by atoms with Gasteiger partial charge in [0.2, 0.25) is 0 Å². The molecule has 0 amide bonds. The van der Waals surface area contributed by atoms with Crippen LogP contribution in [0.1, 0.15) is 31.7 Å². The second kappa shape index (κ2) is 6.27. The number of phenolic OH excluding ortho intramolecular Hbond substituents is 1. The Balaban J connectivity index is 2.43. The number of rotatable bonds is 3. The zero-order chi connectivity index (χ0) is 14.6. The summed E-state index contributed by atoms with van der Waals surface area (Å²) in [5.41, 5.74) is -0.0136. The molecule has 0 aliphatic carbocycles. The van der Waals surface area contributed by atoms with Crippen molar-refractivity contribution in [3.8, 4) is 5.75 Å². The molecule has 0 saturated carbocycles. The summed E-state index contributed by atoms with van der Waals surface area (Å²) in [4.78, 5) is 14.8. The van der Waals surface area contributed by atoms with Gasteiger partial charge in [0.15, 0.2) is 0 Å². The maximum Gasteiger partial charge on any atom is 0.316 e. The minimum atomic E-state index is -0.716. The second-order valence-electron chi connectivity index (χ2n) is 5.48. The van der Waals surface area contributed by atoms with Crippen molar-refractivity contribution in [3.63, 3.8) is 0 Å². The zero-order valence-corrected chi connectivity index (χ0v) is 12.3. The van der Waals surface area contributed by atoms with E-state index in [0.717, 1.165) is 19.5 Å². The Morgan fingerprint density at radius 3 is 2.80 bits per heavy atom. The SMILES string of the molecule is CCOC(=O)C1(c2ccccc2O)CCCN(C)CC1. The van der Waals surface area contributed by atoms with Crippen molar-refractivity contribution in [2.45, 2.75) is 31.6 Å². The number of carbonyl (C=O) groups excluding carboxylic acids is 1. The second-order valence-corrected chi connectivity index (χ2v) is 5.48. The molecule has 2 rings (SSSR count). The van der Waals surface area contributed by atoms with Gasteiger partial charge in [-0.15, -0.1) is 0 Å². The van der Waals surface area contributed by atoms with Crippen LogP contribution in [0.2, 0.25) is 0 Å². The van der Waals surface area contributed by atoms with Crippen molar-refractivity contribution in [1.82, 2.24) is 4.90 Å². The highest BCUT2D eigenvalue weighted by Gasteiger charge is 2.43.